The lowest BCUT2D eigenvalue weighted by Gasteiger charge is -2.22. The topological polar surface area (TPSA) is 102 Å². The Morgan fingerprint density at radius 2 is 1.63 bits per heavy atom. The zero-order valence-corrected chi connectivity index (χ0v) is 17.6. The average molecular weight is 394 g/mol. The first-order valence-electron chi connectivity index (χ1n) is 8.76. The number of hydrogen-bond acceptors (Lipinski definition) is 6. The van der Waals surface area contributed by atoms with E-state index >= 15 is 0 Å². The molecule has 27 heavy (non-hydrogen) atoms. The maximum Gasteiger partial charge on any atom is 0.252 e. The summed E-state index contributed by atoms with van der Waals surface area (Å²) in [5.41, 5.74) is -0.791. The molecule has 0 bridgehead atoms. The molecule has 0 aliphatic heterocycles. The van der Waals surface area contributed by atoms with Crippen molar-refractivity contribution in [1.29, 1.82) is 0 Å². The van der Waals surface area contributed by atoms with Crippen LogP contribution in [0.25, 0.3) is 0 Å². The second-order valence-corrected chi connectivity index (χ2v) is 10.9. The maximum atomic E-state index is 12.6. The monoisotopic (exact) mass is 393 g/mol. The van der Waals surface area contributed by atoms with Gasteiger partial charge in [0.25, 0.3) is 5.91 Å². The fraction of sp³-hybridized carbons (Fsp3) is 0.526. The highest BCUT2D eigenvalue weighted by Gasteiger charge is 2.31. The summed E-state index contributed by atoms with van der Waals surface area (Å²) >= 11 is 0. The molecule has 0 radical (unpaired) electrons. The molecule has 0 atom stereocenters. The number of amides is 1. The second-order valence-electron chi connectivity index (χ2n) is 8.37. The Morgan fingerprint density at radius 1 is 1.07 bits per heavy atom. The van der Waals surface area contributed by atoms with Crippen LogP contribution in [0.15, 0.2) is 33.7 Å². The van der Waals surface area contributed by atoms with Crippen molar-refractivity contribution in [2.24, 2.45) is 0 Å². The summed E-state index contributed by atoms with van der Waals surface area (Å²) < 4.78 is 29.7. The summed E-state index contributed by atoms with van der Waals surface area (Å²) in [4.78, 5) is 17.2. The van der Waals surface area contributed by atoms with E-state index in [1.165, 1.54) is 24.3 Å². The van der Waals surface area contributed by atoms with Crippen molar-refractivity contribution in [3.8, 4) is 0 Å². The highest BCUT2D eigenvalue weighted by atomic mass is 32.2. The Hall–Kier alpha value is -2.22. The predicted molar refractivity (Wildman–Crippen MR) is 102 cm³/mol. The van der Waals surface area contributed by atoms with E-state index in [2.05, 4.69) is 15.5 Å². The van der Waals surface area contributed by atoms with Gasteiger partial charge in [-0.3, -0.25) is 4.79 Å². The van der Waals surface area contributed by atoms with Crippen LogP contribution in [0, 0.1) is 0 Å². The third-order valence-electron chi connectivity index (χ3n) is 4.12. The highest BCUT2D eigenvalue weighted by Crippen LogP contribution is 2.24. The summed E-state index contributed by atoms with van der Waals surface area (Å²) in [7, 11) is -3.37. The van der Waals surface area contributed by atoms with Crippen LogP contribution >= 0.6 is 0 Å². The zero-order valence-electron chi connectivity index (χ0n) is 16.8. The fourth-order valence-electron chi connectivity index (χ4n) is 2.26. The third-order valence-corrected chi connectivity index (χ3v) is 6.29. The molecular formula is C19H27N3O4S. The molecule has 0 aliphatic rings. The number of benzene rings is 1. The van der Waals surface area contributed by atoms with E-state index in [1.807, 2.05) is 20.8 Å². The number of nitrogens with one attached hydrogen (secondary N) is 1. The van der Waals surface area contributed by atoms with Crippen molar-refractivity contribution in [3.63, 3.8) is 0 Å². The van der Waals surface area contributed by atoms with Crippen molar-refractivity contribution >= 4 is 15.7 Å². The number of sulfone groups is 1. The Bertz CT molecular complexity index is 921. The molecular weight excluding hydrogens is 366 g/mol. The first-order valence-corrected chi connectivity index (χ1v) is 10.3. The van der Waals surface area contributed by atoms with Gasteiger partial charge in [-0.2, -0.15) is 4.98 Å². The Morgan fingerprint density at radius 3 is 2.07 bits per heavy atom. The van der Waals surface area contributed by atoms with E-state index in [1.54, 1.807) is 27.7 Å². The number of rotatable bonds is 5. The maximum absolute atomic E-state index is 12.6. The minimum absolute atomic E-state index is 0.196. The summed E-state index contributed by atoms with van der Waals surface area (Å²) in [5.74, 6) is 0.512. The molecule has 2 aromatic rings. The van der Waals surface area contributed by atoms with Gasteiger partial charge in [-0.1, -0.05) is 25.9 Å². The molecule has 1 aromatic heterocycles. The molecule has 0 fully saturated rings. The van der Waals surface area contributed by atoms with Gasteiger partial charge in [0.05, 0.1) is 15.7 Å². The van der Waals surface area contributed by atoms with E-state index in [0.29, 0.717) is 17.3 Å². The molecule has 8 heteroatoms. The van der Waals surface area contributed by atoms with Crippen molar-refractivity contribution in [2.75, 3.05) is 0 Å². The minimum Gasteiger partial charge on any atom is -0.340 e. The van der Waals surface area contributed by atoms with Crippen LogP contribution < -0.4 is 5.32 Å². The normalized spacial score (nSPS) is 13.0. The second kappa shape index (κ2) is 7.07. The van der Waals surface area contributed by atoms with E-state index in [9.17, 15) is 13.2 Å². The molecule has 0 unspecified atom stereocenters. The number of carbonyl (C=O) groups excluding carboxylic acids is 1. The van der Waals surface area contributed by atoms with Crippen molar-refractivity contribution in [1.82, 2.24) is 15.5 Å². The Labute approximate surface area is 160 Å². The van der Waals surface area contributed by atoms with E-state index in [-0.39, 0.29) is 16.2 Å². The molecule has 0 saturated heterocycles. The molecule has 1 amide bonds. The van der Waals surface area contributed by atoms with Crippen LogP contribution in [0.1, 0.15) is 70.5 Å². The molecule has 0 spiro atoms. The molecule has 0 saturated carbocycles. The van der Waals surface area contributed by atoms with Crippen LogP contribution in [0.3, 0.4) is 0 Å². The van der Waals surface area contributed by atoms with Gasteiger partial charge in [-0.25, -0.2) is 8.42 Å². The SMILES string of the molecule is CC(C)S(=O)(=O)c1ccc(C(=O)NC(C)(C)c2noc(C(C)(C)C)n2)cc1. The molecule has 0 aliphatic carbocycles. The smallest absolute Gasteiger partial charge is 0.252 e. The van der Waals surface area contributed by atoms with Gasteiger partial charge in [-0.05, 0) is 52.0 Å². The molecule has 7 nitrogen and oxygen atoms in total. The van der Waals surface area contributed by atoms with Gasteiger partial charge >= 0.3 is 0 Å². The molecule has 2 rings (SSSR count). The van der Waals surface area contributed by atoms with Crippen LogP contribution in [-0.4, -0.2) is 29.7 Å². The van der Waals surface area contributed by atoms with Gasteiger partial charge in [0.1, 0.15) is 0 Å². The molecule has 1 heterocycles. The third kappa shape index (κ3) is 4.55. The van der Waals surface area contributed by atoms with Gasteiger partial charge in [0.15, 0.2) is 15.7 Å². The average Bonchev–Trinajstić information content (AvgIpc) is 3.05. The van der Waals surface area contributed by atoms with E-state index in [4.69, 9.17) is 4.52 Å². The summed E-state index contributed by atoms with van der Waals surface area (Å²) in [6.07, 6.45) is 0. The largest absolute Gasteiger partial charge is 0.340 e. The highest BCUT2D eigenvalue weighted by molar-refractivity contribution is 7.92. The summed E-state index contributed by atoms with van der Waals surface area (Å²) in [6.45, 7) is 12.7. The predicted octanol–water partition coefficient (Wildman–Crippen LogP) is 3.21. The summed E-state index contributed by atoms with van der Waals surface area (Å²) in [6, 6.07) is 5.89. The van der Waals surface area contributed by atoms with Crippen molar-refractivity contribution in [2.45, 2.75) is 69.6 Å². The first-order chi connectivity index (χ1) is 12.2. The van der Waals surface area contributed by atoms with Gasteiger partial charge in [0, 0.05) is 11.0 Å². The lowest BCUT2D eigenvalue weighted by molar-refractivity contribution is 0.0907. The van der Waals surface area contributed by atoms with Gasteiger partial charge < -0.3 is 9.84 Å². The van der Waals surface area contributed by atoms with Crippen molar-refractivity contribution in [3.05, 3.63) is 41.5 Å². The Kier molecular flexibility index (Phi) is 5.52. The molecule has 148 valence electrons. The van der Waals surface area contributed by atoms with Crippen LogP contribution in [0.4, 0.5) is 0 Å². The molecule has 1 aromatic carbocycles. The standard InChI is InChI=1S/C19H27N3O4S/c1-12(2)27(24,25)14-10-8-13(9-11-14)15(23)21-19(6,7)16-20-17(26-22-16)18(3,4)5/h8-12H,1-7H3,(H,21,23). The lowest BCUT2D eigenvalue weighted by Crippen LogP contribution is -2.42. The first kappa shape index (κ1) is 21.1. The van der Waals surface area contributed by atoms with E-state index in [0.717, 1.165) is 0 Å². The quantitative estimate of drug-likeness (QED) is 0.837. The van der Waals surface area contributed by atoms with Gasteiger partial charge in [-0.15, -0.1) is 0 Å². The van der Waals surface area contributed by atoms with Crippen molar-refractivity contribution < 1.29 is 17.7 Å². The van der Waals surface area contributed by atoms with Crippen LogP contribution in [0.2, 0.25) is 0 Å². The Balaban J connectivity index is 2.20. The van der Waals surface area contributed by atoms with Gasteiger partial charge in [0.2, 0.25) is 5.89 Å². The number of carbonyl (C=O) groups is 1. The lowest BCUT2D eigenvalue weighted by atomic mass is 9.97. The van der Waals surface area contributed by atoms with Crippen LogP contribution in [-0.2, 0) is 20.8 Å². The zero-order chi connectivity index (χ0) is 20.6. The number of hydrogen-bond donors (Lipinski definition) is 1. The minimum atomic E-state index is -3.37. The number of aromatic nitrogens is 2. The number of nitrogens with zero attached hydrogens (tertiary/aromatic N) is 2. The van der Waals surface area contributed by atoms with E-state index < -0.39 is 20.6 Å². The molecule has 1 N–H and O–H groups in total. The summed E-state index contributed by atoms with van der Waals surface area (Å²) in [5, 5.41) is 6.33. The van der Waals surface area contributed by atoms with Crippen LogP contribution in [0.5, 0.6) is 0 Å². The fourth-order valence-corrected chi connectivity index (χ4v) is 3.32.